The van der Waals surface area contributed by atoms with Gasteiger partial charge in [-0.15, -0.1) is 0 Å². The molecule has 5 atom stereocenters. The van der Waals surface area contributed by atoms with Crippen LogP contribution in [0.15, 0.2) is 0 Å². The third kappa shape index (κ3) is 70.3. The van der Waals surface area contributed by atoms with E-state index in [1.807, 2.05) is 0 Å². The van der Waals surface area contributed by atoms with Gasteiger partial charge in [0.15, 0.2) is 12.2 Å². The lowest BCUT2D eigenvalue weighted by Gasteiger charge is -2.21. The third-order valence-electron chi connectivity index (χ3n) is 17.8. The van der Waals surface area contributed by atoms with Crippen LogP contribution >= 0.6 is 15.6 Å². The Bertz CT molecular complexity index is 1820. The Morgan fingerprint density at radius 3 is 0.716 bits per heavy atom. The van der Waals surface area contributed by atoms with E-state index in [0.717, 1.165) is 109 Å². The Balaban J connectivity index is 5.18. The number of ether oxygens (including phenoxy) is 4. The van der Waals surface area contributed by atoms with Gasteiger partial charge in [-0.2, -0.15) is 0 Å². The van der Waals surface area contributed by atoms with Gasteiger partial charge in [-0.25, -0.2) is 9.13 Å². The van der Waals surface area contributed by atoms with Crippen molar-refractivity contribution in [1.29, 1.82) is 0 Å². The molecule has 0 rings (SSSR count). The van der Waals surface area contributed by atoms with E-state index in [1.165, 1.54) is 212 Å². The van der Waals surface area contributed by atoms with Crippen molar-refractivity contribution < 1.29 is 80.2 Å². The number of hydrogen-bond acceptors (Lipinski definition) is 15. The van der Waals surface area contributed by atoms with Gasteiger partial charge in [0.05, 0.1) is 26.4 Å². The Labute approximate surface area is 581 Å². The Kier molecular flexibility index (Phi) is 67.7. The molecule has 2 unspecified atom stereocenters. The van der Waals surface area contributed by atoms with Crippen LogP contribution in [0.25, 0.3) is 0 Å². The fourth-order valence-electron chi connectivity index (χ4n) is 11.7. The summed E-state index contributed by atoms with van der Waals surface area (Å²) in [6.45, 7) is 7.26. The van der Waals surface area contributed by atoms with Gasteiger partial charge < -0.3 is 33.8 Å². The molecule has 0 amide bonds. The quantitative estimate of drug-likeness (QED) is 0.0222. The highest BCUT2D eigenvalue weighted by atomic mass is 31.2. The molecule has 0 aromatic heterocycles. The summed E-state index contributed by atoms with van der Waals surface area (Å²) in [5.74, 6) is -1.35. The molecule has 0 saturated heterocycles. The maximum atomic E-state index is 13.1. The highest BCUT2D eigenvalue weighted by Gasteiger charge is 2.30. The van der Waals surface area contributed by atoms with Crippen molar-refractivity contribution in [3.05, 3.63) is 0 Å². The lowest BCUT2D eigenvalue weighted by Crippen LogP contribution is -2.30. The van der Waals surface area contributed by atoms with Gasteiger partial charge >= 0.3 is 39.5 Å². The molecule has 3 N–H and O–H groups in total. The average Bonchev–Trinajstić information content (AvgIpc) is 2.16. The van der Waals surface area contributed by atoms with E-state index < -0.39 is 97.5 Å². The van der Waals surface area contributed by atoms with Crippen LogP contribution in [0.2, 0.25) is 0 Å². The topological polar surface area (TPSA) is 237 Å². The summed E-state index contributed by atoms with van der Waals surface area (Å²) >= 11 is 0. The second kappa shape index (κ2) is 69.2. The summed E-state index contributed by atoms with van der Waals surface area (Å²) in [4.78, 5) is 72.7. The lowest BCUT2D eigenvalue weighted by atomic mass is 10.0. The average molecular weight is 1400 g/mol. The first-order chi connectivity index (χ1) is 46.0. The van der Waals surface area contributed by atoms with Gasteiger partial charge in [0, 0.05) is 25.7 Å². The van der Waals surface area contributed by atoms with Crippen molar-refractivity contribution in [2.45, 2.75) is 419 Å². The van der Waals surface area contributed by atoms with Gasteiger partial charge in [0.2, 0.25) is 0 Å². The molecule has 0 heterocycles. The fraction of sp³-hybridized carbons (Fsp3) is 0.947. The summed E-state index contributed by atoms with van der Waals surface area (Å²) in [5.41, 5.74) is 0. The maximum Gasteiger partial charge on any atom is 0.472 e. The number of rotatable bonds is 76. The molecule has 0 radical (unpaired) electrons. The molecular formula is C76H148O17P2. The van der Waals surface area contributed by atoms with Crippen LogP contribution in [0.4, 0.5) is 0 Å². The zero-order valence-electron chi connectivity index (χ0n) is 61.8. The normalized spacial score (nSPS) is 13.9. The number of phosphoric ester groups is 2. The predicted octanol–water partition coefficient (Wildman–Crippen LogP) is 22.5. The molecule has 0 fully saturated rings. The second-order valence-electron chi connectivity index (χ2n) is 27.9. The van der Waals surface area contributed by atoms with Gasteiger partial charge in [-0.1, -0.05) is 349 Å². The fourth-order valence-corrected chi connectivity index (χ4v) is 13.3. The van der Waals surface area contributed by atoms with E-state index in [-0.39, 0.29) is 25.7 Å². The number of esters is 4. The van der Waals surface area contributed by atoms with E-state index in [1.54, 1.807) is 0 Å². The molecule has 0 spiro atoms. The second-order valence-corrected chi connectivity index (χ2v) is 30.8. The van der Waals surface area contributed by atoms with Crippen LogP contribution in [-0.4, -0.2) is 96.7 Å². The number of hydrogen-bond donors (Lipinski definition) is 3. The smallest absolute Gasteiger partial charge is 0.462 e. The summed E-state index contributed by atoms with van der Waals surface area (Å²) in [6.07, 6.45) is 58.4. The minimum Gasteiger partial charge on any atom is -0.462 e. The zero-order chi connectivity index (χ0) is 69.8. The van der Waals surface area contributed by atoms with Crippen LogP contribution in [0.3, 0.4) is 0 Å². The van der Waals surface area contributed by atoms with Crippen molar-refractivity contribution in [2.75, 3.05) is 39.6 Å². The number of phosphoric acid groups is 2. The lowest BCUT2D eigenvalue weighted by molar-refractivity contribution is -0.161. The van der Waals surface area contributed by atoms with Crippen molar-refractivity contribution in [3.8, 4) is 0 Å². The molecule has 17 nitrogen and oxygen atoms in total. The molecule has 0 aliphatic rings. The van der Waals surface area contributed by atoms with Crippen molar-refractivity contribution >= 4 is 39.5 Å². The highest BCUT2D eigenvalue weighted by Crippen LogP contribution is 2.45. The van der Waals surface area contributed by atoms with Crippen molar-refractivity contribution in [3.63, 3.8) is 0 Å². The number of aliphatic hydroxyl groups excluding tert-OH is 1. The zero-order valence-corrected chi connectivity index (χ0v) is 63.6. The van der Waals surface area contributed by atoms with Crippen LogP contribution in [0.1, 0.15) is 401 Å². The van der Waals surface area contributed by atoms with Crippen molar-refractivity contribution in [2.24, 2.45) is 5.92 Å². The van der Waals surface area contributed by atoms with Crippen molar-refractivity contribution in [1.82, 2.24) is 0 Å². The van der Waals surface area contributed by atoms with Crippen LogP contribution in [0.5, 0.6) is 0 Å². The number of carbonyl (C=O) groups excluding carboxylic acids is 4. The Morgan fingerprint density at radius 2 is 0.484 bits per heavy atom. The SMILES string of the molecule is CCCCCCCCCCCCCCCCCCCCCC(=O)O[C@H](COC(=O)CCCCCCCCCCCCCCCCC)COP(=O)(O)OC[C@@H](O)COP(=O)(O)OC[C@@H](COC(=O)CCCCCCCCC)OC(=O)CCCCCCCCCCCCCC(C)C. The van der Waals surface area contributed by atoms with E-state index in [4.69, 9.17) is 37.0 Å². The molecule has 0 aliphatic heterocycles. The largest absolute Gasteiger partial charge is 0.472 e. The first-order valence-electron chi connectivity index (χ1n) is 39.6. The highest BCUT2D eigenvalue weighted by molar-refractivity contribution is 7.47. The van der Waals surface area contributed by atoms with E-state index in [9.17, 15) is 43.2 Å². The standard InChI is InChI=1S/C76H148O17P2/c1-6-9-12-15-18-20-22-24-26-27-28-29-31-33-37-41-46-51-56-61-75(80)93-72(66-87-74(79)60-55-50-45-40-36-32-30-25-23-21-19-16-13-10-7-2)68-91-95(84,85)89-64-70(77)63-88-94(82,83)90-67-71(65-86-73(78)59-54-49-43-17-14-11-8-3)92-76(81)62-57-52-47-42-38-34-35-39-44-48-53-58-69(4)5/h69-72,77H,6-68H2,1-5H3,(H,82,83)(H,84,85)/t70-,71+,72+/m0/s1. The predicted molar refractivity (Wildman–Crippen MR) is 386 cm³/mol. The first kappa shape index (κ1) is 93.1. The molecule has 95 heavy (non-hydrogen) atoms. The van der Waals surface area contributed by atoms with Gasteiger partial charge in [0.25, 0.3) is 0 Å². The van der Waals surface area contributed by atoms with Crippen LogP contribution < -0.4 is 0 Å². The maximum absolute atomic E-state index is 13.1. The van der Waals surface area contributed by atoms with Gasteiger partial charge in [-0.05, 0) is 31.6 Å². The third-order valence-corrected chi connectivity index (χ3v) is 19.7. The Hall–Kier alpha value is -1.94. The molecule has 0 aromatic rings. The van der Waals surface area contributed by atoms with Gasteiger partial charge in [-0.3, -0.25) is 37.3 Å². The summed E-state index contributed by atoms with van der Waals surface area (Å²) < 4.78 is 68.4. The molecular weight excluding hydrogens is 1250 g/mol. The molecule has 0 saturated carbocycles. The molecule has 564 valence electrons. The van der Waals surface area contributed by atoms with Crippen LogP contribution in [-0.2, 0) is 65.4 Å². The summed E-state index contributed by atoms with van der Waals surface area (Å²) in [6, 6.07) is 0. The van der Waals surface area contributed by atoms with E-state index >= 15 is 0 Å². The van der Waals surface area contributed by atoms with Gasteiger partial charge in [0.1, 0.15) is 19.3 Å². The number of carbonyl (C=O) groups is 4. The molecule has 19 heteroatoms. The number of aliphatic hydroxyl groups is 1. The first-order valence-corrected chi connectivity index (χ1v) is 42.6. The summed E-state index contributed by atoms with van der Waals surface area (Å²) in [5, 5.41) is 10.6. The number of unbranched alkanes of at least 4 members (excludes halogenated alkanes) is 48. The minimum atomic E-state index is -4.96. The minimum absolute atomic E-state index is 0.106. The monoisotopic (exact) mass is 1400 g/mol. The summed E-state index contributed by atoms with van der Waals surface area (Å²) in [7, 11) is -9.90. The van der Waals surface area contributed by atoms with E-state index in [0.29, 0.717) is 25.7 Å². The van der Waals surface area contributed by atoms with E-state index in [2.05, 4.69) is 34.6 Å². The molecule has 0 aromatic carbocycles. The molecule has 0 aliphatic carbocycles. The molecule has 0 bridgehead atoms. The van der Waals surface area contributed by atoms with Crippen LogP contribution in [0, 0.1) is 5.92 Å². The Morgan fingerprint density at radius 1 is 0.284 bits per heavy atom.